The van der Waals surface area contributed by atoms with Gasteiger partial charge in [-0.25, -0.2) is 4.90 Å². The quantitative estimate of drug-likeness (QED) is 0.584. The molecular formula is C8H17F2NS. The van der Waals surface area contributed by atoms with Gasteiger partial charge in [0.05, 0.1) is 0 Å². The van der Waals surface area contributed by atoms with Crippen molar-refractivity contribution in [3.8, 4) is 0 Å². The summed E-state index contributed by atoms with van der Waals surface area (Å²) in [4.78, 5) is 1.15. The predicted octanol–water partition coefficient (Wildman–Crippen LogP) is 2.44. The van der Waals surface area contributed by atoms with Gasteiger partial charge in [-0.15, -0.1) is 0 Å². The van der Waals surface area contributed by atoms with Crippen LogP contribution in [-0.4, -0.2) is 24.5 Å². The fourth-order valence-corrected chi connectivity index (χ4v) is 1.49. The lowest BCUT2D eigenvalue weighted by molar-refractivity contribution is -0.168. The van der Waals surface area contributed by atoms with Crippen LogP contribution in [0.4, 0.5) is 8.78 Å². The number of halogens is 2. The summed E-state index contributed by atoms with van der Waals surface area (Å²) in [7, 11) is 1.49. The minimum Gasteiger partial charge on any atom is -0.248 e. The molecule has 1 heterocycles. The van der Waals surface area contributed by atoms with Crippen LogP contribution in [0.15, 0.2) is 0 Å². The normalized spacial score (nSPS) is 29.5. The molecule has 0 amide bonds. The van der Waals surface area contributed by atoms with Crippen LogP contribution in [0.25, 0.3) is 0 Å². The van der Waals surface area contributed by atoms with Crippen LogP contribution in [0.2, 0.25) is 0 Å². The molecule has 1 saturated heterocycles. The Hall–Kier alpha value is 0.170. The van der Waals surface area contributed by atoms with Gasteiger partial charge in [0.2, 0.25) is 0 Å². The maximum Gasteiger partial charge on any atom is 0.304 e. The van der Waals surface area contributed by atoms with Crippen molar-refractivity contribution in [2.75, 3.05) is 13.6 Å². The molecule has 0 aromatic carbocycles. The summed E-state index contributed by atoms with van der Waals surface area (Å²) in [5.41, 5.74) is 0. The molecule has 0 aromatic heterocycles. The van der Waals surface area contributed by atoms with Crippen LogP contribution < -0.4 is 0 Å². The Labute approximate surface area is 79.6 Å². The Kier molecular flexibility index (Phi) is 4.48. The minimum absolute atomic E-state index is 0. The van der Waals surface area contributed by atoms with Crippen molar-refractivity contribution in [3.05, 3.63) is 0 Å². The van der Waals surface area contributed by atoms with Gasteiger partial charge in [0.1, 0.15) is 0 Å². The third-order valence-electron chi connectivity index (χ3n) is 2.54. The number of piperidine rings is 1. The number of alkyl halides is 2. The van der Waals surface area contributed by atoms with Gasteiger partial charge >= 0.3 is 6.05 Å². The van der Waals surface area contributed by atoms with Crippen molar-refractivity contribution in [3.63, 3.8) is 0 Å². The van der Waals surface area contributed by atoms with Crippen molar-refractivity contribution in [1.29, 1.82) is 0 Å². The molecule has 0 saturated carbocycles. The molecule has 0 radical (unpaired) electrons. The van der Waals surface area contributed by atoms with Crippen LogP contribution in [-0.2, 0) is 0 Å². The van der Waals surface area contributed by atoms with E-state index in [0.29, 0.717) is 6.54 Å². The summed E-state index contributed by atoms with van der Waals surface area (Å²) >= 11 is 0. The molecule has 0 aromatic rings. The summed E-state index contributed by atoms with van der Waals surface area (Å²) in [6.45, 7) is 2.51. The van der Waals surface area contributed by atoms with E-state index in [1.807, 2.05) is 6.92 Å². The van der Waals surface area contributed by atoms with Gasteiger partial charge in [-0.2, -0.15) is 22.3 Å². The van der Waals surface area contributed by atoms with E-state index in [1.54, 1.807) is 0 Å². The molecular weight excluding hydrogens is 180 g/mol. The zero-order valence-corrected chi connectivity index (χ0v) is 8.61. The molecule has 1 unspecified atom stereocenters. The predicted molar refractivity (Wildman–Crippen MR) is 51.0 cm³/mol. The first kappa shape index (κ1) is 12.2. The van der Waals surface area contributed by atoms with E-state index in [2.05, 4.69) is 0 Å². The smallest absolute Gasteiger partial charge is 0.248 e. The van der Waals surface area contributed by atoms with Crippen molar-refractivity contribution in [2.45, 2.75) is 32.2 Å². The van der Waals surface area contributed by atoms with E-state index in [0.717, 1.165) is 17.7 Å². The average Bonchev–Trinajstić information content (AvgIpc) is 1.95. The SMILES string of the molecule is CCC1CCN(C)C(F)(F)C1.S. The highest BCUT2D eigenvalue weighted by Gasteiger charge is 2.40. The Bertz CT molecular complexity index is 141. The van der Waals surface area contributed by atoms with Crippen molar-refractivity contribution in [2.24, 2.45) is 5.92 Å². The van der Waals surface area contributed by atoms with E-state index >= 15 is 0 Å². The highest BCUT2D eigenvalue weighted by atomic mass is 32.1. The van der Waals surface area contributed by atoms with Gasteiger partial charge in [-0.05, 0) is 19.4 Å². The Morgan fingerprint density at radius 2 is 2.08 bits per heavy atom. The van der Waals surface area contributed by atoms with Crippen LogP contribution in [0.5, 0.6) is 0 Å². The zero-order valence-electron chi connectivity index (χ0n) is 7.61. The van der Waals surface area contributed by atoms with E-state index in [-0.39, 0.29) is 25.8 Å². The molecule has 74 valence electrons. The summed E-state index contributed by atoms with van der Waals surface area (Å²) < 4.78 is 25.9. The largest absolute Gasteiger partial charge is 0.304 e. The summed E-state index contributed by atoms with van der Waals surface area (Å²) in [6.07, 6.45) is 1.84. The summed E-state index contributed by atoms with van der Waals surface area (Å²) in [5.74, 6) is 0.223. The Balaban J connectivity index is 0.00000121. The van der Waals surface area contributed by atoms with Gasteiger partial charge in [0.25, 0.3) is 0 Å². The molecule has 0 N–H and O–H groups in total. The molecule has 12 heavy (non-hydrogen) atoms. The maximum atomic E-state index is 13.0. The lowest BCUT2D eigenvalue weighted by Gasteiger charge is -2.36. The van der Waals surface area contributed by atoms with Crippen molar-refractivity contribution >= 4 is 13.5 Å². The first-order valence-corrected chi connectivity index (χ1v) is 4.15. The third kappa shape index (κ3) is 2.59. The van der Waals surface area contributed by atoms with Crippen LogP contribution in [0.3, 0.4) is 0 Å². The first-order chi connectivity index (χ1) is 5.06. The maximum absolute atomic E-state index is 13.0. The number of likely N-dealkylation sites (tertiary alicyclic amines) is 1. The van der Waals surface area contributed by atoms with Gasteiger partial charge in [-0.1, -0.05) is 13.3 Å². The molecule has 0 bridgehead atoms. The fourth-order valence-electron chi connectivity index (χ4n) is 1.49. The van der Waals surface area contributed by atoms with Gasteiger partial charge in [-0.3, -0.25) is 0 Å². The lowest BCUT2D eigenvalue weighted by Crippen LogP contribution is -2.45. The minimum atomic E-state index is -2.56. The van der Waals surface area contributed by atoms with Crippen molar-refractivity contribution < 1.29 is 8.78 Å². The van der Waals surface area contributed by atoms with E-state index < -0.39 is 6.05 Å². The number of hydrogen-bond donors (Lipinski definition) is 0. The molecule has 1 atom stereocenters. The van der Waals surface area contributed by atoms with Crippen LogP contribution in [0.1, 0.15) is 26.2 Å². The number of rotatable bonds is 1. The zero-order chi connectivity index (χ0) is 8.48. The van der Waals surface area contributed by atoms with Crippen molar-refractivity contribution in [1.82, 2.24) is 4.90 Å². The topological polar surface area (TPSA) is 3.24 Å². The molecule has 1 fully saturated rings. The second kappa shape index (κ2) is 4.42. The summed E-state index contributed by atoms with van der Waals surface area (Å²) in [5, 5.41) is 0. The number of nitrogens with zero attached hydrogens (tertiary/aromatic N) is 1. The molecule has 1 nitrogen and oxygen atoms in total. The van der Waals surface area contributed by atoms with Gasteiger partial charge in [0, 0.05) is 13.0 Å². The number of hydrogen-bond acceptors (Lipinski definition) is 1. The third-order valence-corrected chi connectivity index (χ3v) is 2.54. The standard InChI is InChI=1S/C8H15F2N.H2S/c1-3-7-4-5-11(2)8(9,10)6-7;/h7H,3-6H2,1-2H3;1H2. The summed E-state index contributed by atoms with van der Waals surface area (Å²) in [6, 6.07) is -2.56. The average molecular weight is 197 g/mol. The second-order valence-electron chi connectivity index (χ2n) is 3.35. The molecule has 1 aliphatic rings. The second-order valence-corrected chi connectivity index (χ2v) is 3.35. The highest BCUT2D eigenvalue weighted by Crippen LogP contribution is 2.34. The molecule has 0 aliphatic carbocycles. The van der Waals surface area contributed by atoms with Gasteiger partial charge < -0.3 is 0 Å². The fraction of sp³-hybridized carbons (Fsp3) is 1.00. The highest BCUT2D eigenvalue weighted by molar-refractivity contribution is 7.59. The van der Waals surface area contributed by atoms with E-state index in [9.17, 15) is 8.78 Å². The van der Waals surface area contributed by atoms with Crippen LogP contribution >= 0.6 is 13.5 Å². The first-order valence-electron chi connectivity index (χ1n) is 4.15. The van der Waals surface area contributed by atoms with E-state index in [1.165, 1.54) is 7.05 Å². The molecule has 4 heteroatoms. The van der Waals surface area contributed by atoms with Crippen LogP contribution in [0, 0.1) is 5.92 Å². The molecule has 0 spiro atoms. The van der Waals surface area contributed by atoms with Gasteiger partial charge in [0.15, 0.2) is 0 Å². The van der Waals surface area contributed by atoms with E-state index in [4.69, 9.17) is 0 Å². The monoisotopic (exact) mass is 197 g/mol. The Morgan fingerprint density at radius 3 is 2.50 bits per heavy atom. The Morgan fingerprint density at radius 1 is 1.50 bits per heavy atom. The molecule has 1 aliphatic heterocycles. The molecule has 1 rings (SSSR count). The lowest BCUT2D eigenvalue weighted by atomic mass is 9.93.